The molecule has 0 unspecified atom stereocenters. The van der Waals surface area contributed by atoms with E-state index in [1.165, 1.54) is 38.5 Å². The predicted molar refractivity (Wildman–Crippen MR) is 76.7 cm³/mol. The van der Waals surface area contributed by atoms with Crippen LogP contribution in [-0.2, 0) is 9.59 Å². The molecule has 0 N–H and O–H groups in total. The highest BCUT2D eigenvalue weighted by Crippen LogP contribution is 2.17. The second kappa shape index (κ2) is 11.4. The Morgan fingerprint density at radius 2 is 1.11 bits per heavy atom. The predicted octanol–water partition coefficient (Wildman–Crippen LogP) is 4.70. The average Bonchev–Trinajstić information content (AvgIpc) is 2.27. The quantitative estimate of drug-likeness (QED) is 0.473. The number of Topliss-reactive ketones (excluding diaryl/α,β-unsaturated/α-hetero) is 2. The Morgan fingerprint density at radius 1 is 0.722 bits per heavy atom. The second-order valence-corrected chi connectivity index (χ2v) is 5.71. The van der Waals surface area contributed by atoms with Crippen molar-refractivity contribution >= 4 is 11.6 Å². The van der Waals surface area contributed by atoms with Crippen molar-refractivity contribution in [3.05, 3.63) is 0 Å². The normalized spacial score (nSPS) is 10.9. The maximum absolute atomic E-state index is 10.8. The summed E-state index contributed by atoms with van der Waals surface area (Å²) in [6.45, 7) is 5.66. The first-order valence-electron chi connectivity index (χ1n) is 7.51. The van der Waals surface area contributed by atoms with Gasteiger partial charge >= 0.3 is 0 Å². The molecule has 18 heavy (non-hydrogen) atoms. The van der Waals surface area contributed by atoms with Gasteiger partial charge in [-0.25, -0.2) is 0 Å². The smallest absolute Gasteiger partial charge is 0.129 e. The van der Waals surface area contributed by atoms with Gasteiger partial charge in [0, 0.05) is 12.8 Å². The Kier molecular flexibility index (Phi) is 11.0. The molecule has 0 aliphatic heterocycles. The lowest BCUT2D eigenvalue weighted by atomic mass is 9.96. The minimum absolute atomic E-state index is 0.313. The summed E-state index contributed by atoms with van der Waals surface area (Å²) in [5.41, 5.74) is 0. The lowest BCUT2D eigenvalue weighted by Gasteiger charge is -2.10. The van der Waals surface area contributed by atoms with Crippen molar-refractivity contribution in [2.45, 2.75) is 85.0 Å². The largest absolute Gasteiger partial charge is 0.300 e. The Bertz CT molecular complexity index is 209. The lowest BCUT2D eigenvalue weighted by molar-refractivity contribution is -0.117. The van der Waals surface area contributed by atoms with Crippen LogP contribution < -0.4 is 0 Å². The molecule has 0 bridgehead atoms. The Hall–Kier alpha value is -0.660. The molecule has 0 atom stereocenters. The molecule has 0 aromatic rings. The number of rotatable bonds is 12. The molecule has 2 heteroatoms. The monoisotopic (exact) mass is 254 g/mol. The summed E-state index contributed by atoms with van der Waals surface area (Å²) in [4.78, 5) is 21.5. The maximum atomic E-state index is 10.8. The van der Waals surface area contributed by atoms with Crippen LogP contribution in [0.2, 0.25) is 0 Å². The molecule has 0 saturated carbocycles. The molecule has 0 amide bonds. The molecular formula is C16H30O2. The van der Waals surface area contributed by atoms with Crippen LogP contribution in [0.3, 0.4) is 0 Å². The molecule has 0 heterocycles. The highest BCUT2D eigenvalue weighted by atomic mass is 16.1. The maximum Gasteiger partial charge on any atom is 0.129 e. The molecule has 0 aliphatic carbocycles. The van der Waals surface area contributed by atoms with Gasteiger partial charge in [0.25, 0.3) is 0 Å². The summed E-state index contributed by atoms with van der Waals surface area (Å²) in [5, 5.41) is 0. The topological polar surface area (TPSA) is 34.1 Å². The molecule has 0 radical (unpaired) electrons. The van der Waals surface area contributed by atoms with Crippen molar-refractivity contribution in [2.24, 2.45) is 5.92 Å². The van der Waals surface area contributed by atoms with Crippen LogP contribution in [0.4, 0.5) is 0 Å². The molecule has 0 fully saturated rings. The summed E-state index contributed by atoms with van der Waals surface area (Å²) in [6.07, 6.45) is 11.1. The molecule has 0 aromatic heterocycles. The Labute approximate surface area is 113 Å². The molecule has 0 spiro atoms. The van der Waals surface area contributed by atoms with Gasteiger partial charge in [-0.2, -0.15) is 0 Å². The Morgan fingerprint density at radius 3 is 1.44 bits per heavy atom. The fraction of sp³-hybridized carbons (Fsp3) is 0.875. The molecule has 106 valence electrons. The van der Waals surface area contributed by atoms with Crippen molar-refractivity contribution in [1.29, 1.82) is 0 Å². The third-order valence-corrected chi connectivity index (χ3v) is 3.45. The number of hydrogen-bond acceptors (Lipinski definition) is 2. The fourth-order valence-corrected chi connectivity index (χ4v) is 2.23. The fourth-order valence-electron chi connectivity index (χ4n) is 2.23. The van der Waals surface area contributed by atoms with E-state index in [0.717, 1.165) is 31.6 Å². The SMILES string of the molecule is CC(=O)CCCCCC(C)CCCCCC(C)=O. The summed E-state index contributed by atoms with van der Waals surface area (Å²) in [7, 11) is 0. The van der Waals surface area contributed by atoms with E-state index < -0.39 is 0 Å². The first-order valence-corrected chi connectivity index (χ1v) is 7.51. The van der Waals surface area contributed by atoms with E-state index >= 15 is 0 Å². The van der Waals surface area contributed by atoms with Gasteiger partial charge < -0.3 is 9.59 Å². The second-order valence-electron chi connectivity index (χ2n) is 5.71. The zero-order valence-electron chi connectivity index (χ0n) is 12.5. The van der Waals surface area contributed by atoms with Crippen molar-refractivity contribution in [2.75, 3.05) is 0 Å². The van der Waals surface area contributed by atoms with Crippen molar-refractivity contribution in [1.82, 2.24) is 0 Å². The number of carbonyl (C=O) groups is 2. The van der Waals surface area contributed by atoms with Gasteiger partial charge in [0.05, 0.1) is 0 Å². The minimum Gasteiger partial charge on any atom is -0.300 e. The molecule has 0 saturated heterocycles. The zero-order chi connectivity index (χ0) is 13.8. The van der Waals surface area contributed by atoms with Crippen LogP contribution in [0.25, 0.3) is 0 Å². The molecule has 0 rings (SSSR count). The molecule has 0 aromatic carbocycles. The highest BCUT2D eigenvalue weighted by Gasteiger charge is 2.03. The van der Waals surface area contributed by atoms with E-state index in [-0.39, 0.29) is 0 Å². The van der Waals surface area contributed by atoms with Crippen molar-refractivity contribution in [3.8, 4) is 0 Å². The minimum atomic E-state index is 0.313. The summed E-state index contributed by atoms with van der Waals surface area (Å²) in [6, 6.07) is 0. The summed E-state index contributed by atoms with van der Waals surface area (Å²) >= 11 is 0. The van der Waals surface area contributed by atoms with Crippen LogP contribution in [0, 0.1) is 5.92 Å². The van der Waals surface area contributed by atoms with E-state index in [1.807, 2.05) is 0 Å². The number of unbranched alkanes of at least 4 members (excludes halogenated alkanes) is 4. The summed E-state index contributed by atoms with van der Waals surface area (Å²) < 4.78 is 0. The highest BCUT2D eigenvalue weighted by molar-refractivity contribution is 5.75. The van der Waals surface area contributed by atoms with E-state index in [0.29, 0.717) is 11.6 Å². The number of ketones is 2. The Balaban J connectivity index is 3.24. The van der Waals surface area contributed by atoms with Crippen LogP contribution in [-0.4, -0.2) is 11.6 Å². The van der Waals surface area contributed by atoms with Crippen LogP contribution in [0.15, 0.2) is 0 Å². The van der Waals surface area contributed by atoms with Gasteiger partial charge in [-0.15, -0.1) is 0 Å². The van der Waals surface area contributed by atoms with Crippen LogP contribution >= 0.6 is 0 Å². The number of carbonyl (C=O) groups excluding carboxylic acids is 2. The average molecular weight is 254 g/mol. The van der Waals surface area contributed by atoms with E-state index in [1.54, 1.807) is 13.8 Å². The molecule has 2 nitrogen and oxygen atoms in total. The standard InChI is InChI=1S/C16H30O2/c1-14(10-6-4-8-12-15(2)17)11-7-5-9-13-16(3)18/h14H,4-13H2,1-3H3. The van der Waals surface area contributed by atoms with E-state index in [4.69, 9.17) is 0 Å². The number of hydrogen-bond donors (Lipinski definition) is 0. The van der Waals surface area contributed by atoms with Gasteiger partial charge in [0.15, 0.2) is 0 Å². The lowest BCUT2D eigenvalue weighted by Crippen LogP contribution is -1.96. The van der Waals surface area contributed by atoms with Crippen molar-refractivity contribution in [3.63, 3.8) is 0 Å². The third-order valence-electron chi connectivity index (χ3n) is 3.45. The third kappa shape index (κ3) is 13.4. The first kappa shape index (κ1) is 17.3. The van der Waals surface area contributed by atoms with Gasteiger partial charge in [-0.05, 0) is 32.6 Å². The van der Waals surface area contributed by atoms with Gasteiger partial charge in [0.2, 0.25) is 0 Å². The zero-order valence-corrected chi connectivity index (χ0v) is 12.5. The van der Waals surface area contributed by atoms with Crippen LogP contribution in [0.1, 0.15) is 85.0 Å². The molecule has 0 aliphatic rings. The van der Waals surface area contributed by atoms with Gasteiger partial charge in [-0.3, -0.25) is 0 Å². The molecular weight excluding hydrogens is 224 g/mol. The van der Waals surface area contributed by atoms with Crippen LogP contribution in [0.5, 0.6) is 0 Å². The van der Waals surface area contributed by atoms with Crippen molar-refractivity contribution < 1.29 is 9.59 Å². The van der Waals surface area contributed by atoms with Gasteiger partial charge in [0.1, 0.15) is 11.6 Å². The van der Waals surface area contributed by atoms with E-state index in [2.05, 4.69) is 6.92 Å². The summed E-state index contributed by atoms with van der Waals surface area (Å²) in [5.74, 6) is 1.42. The van der Waals surface area contributed by atoms with E-state index in [9.17, 15) is 9.59 Å². The first-order chi connectivity index (χ1) is 8.52. The van der Waals surface area contributed by atoms with Gasteiger partial charge in [-0.1, -0.05) is 45.4 Å².